The van der Waals surface area contributed by atoms with Crippen molar-refractivity contribution in [3.8, 4) is 5.69 Å². The van der Waals surface area contributed by atoms with E-state index >= 15 is 0 Å². The summed E-state index contributed by atoms with van der Waals surface area (Å²) in [5.74, 6) is 0.198. The summed E-state index contributed by atoms with van der Waals surface area (Å²) in [6.07, 6.45) is 2.32. The van der Waals surface area contributed by atoms with E-state index in [9.17, 15) is 9.59 Å². The number of carbonyl (C=O) groups is 2. The van der Waals surface area contributed by atoms with E-state index in [-0.39, 0.29) is 11.8 Å². The highest BCUT2D eigenvalue weighted by molar-refractivity contribution is 5.94. The zero-order valence-corrected chi connectivity index (χ0v) is 18.8. The molecule has 0 aliphatic carbocycles. The monoisotopic (exact) mass is 430 g/mol. The van der Waals surface area contributed by atoms with Crippen LogP contribution < -0.4 is 0 Å². The van der Waals surface area contributed by atoms with Crippen LogP contribution in [0.1, 0.15) is 40.2 Å². The third-order valence-corrected chi connectivity index (χ3v) is 5.99. The second kappa shape index (κ2) is 9.81. The number of aromatic nitrogens is 2. The van der Waals surface area contributed by atoms with Crippen LogP contribution in [0.25, 0.3) is 5.69 Å². The molecule has 0 atom stereocenters. The SMILES string of the molecule is Cc1cc(C)n(-c2ccc(C(=O)N3CCN(C(=O)CCCc4ccccc4)CC3)cc2)n1. The molecule has 0 unspecified atom stereocenters. The van der Waals surface area contributed by atoms with E-state index in [0.717, 1.165) is 29.9 Å². The topological polar surface area (TPSA) is 58.4 Å². The predicted molar refractivity (Wildman–Crippen MR) is 125 cm³/mol. The van der Waals surface area contributed by atoms with Crippen molar-refractivity contribution in [2.45, 2.75) is 33.1 Å². The van der Waals surface area contributed by atoms with Crippen LogP contribution in [0.2, 0.25) is 0 Å². The third kappa shape index (κ3) is 5.07. The van der Waals surface area contributed by atoms with E-state index in [1.165, 1.54) is 5.56 Å². The molecule has 6 nitrogen and oxygen atoms in total. The summed E-state index contributed by atoms with van der Waals surface area (Å²) in [6, 6.07) is 19.9. The molecule has 2 amide bonds. The van der Waals surface area contributed by atoms with Crippen LogP contribution in [0.3, 0.4) is 0 Å². The van der Waals surface area contributed by atoms with Crippen molar-refractivity contribution in [1.82, 2.24) is 19.6 Å². The second-order valence-electron chi connectivity index (χ2n) is 8.40. The van der Waals surface area contributed by atoms with Gasteiger partial charge in [-0.15, -0.1) is 0 Å². The normalized spacial score (nSPS) is 13.9. The summed E-state index contributed by atoms with van der Waals surface area (Å²) in [4.78, 5) is 29.2. The lowest BCUT2D eigenvalue weighted by Crippen LogP contribution is -2.50. The summed E-state index contributed by atoms with van der Waals surface area (Å²) in [7, 11) is 0. The van der Waals surface area contributed by atoms with Crippen molar-refractivity contribution in [3.63, 3.8) is 0 Å². The number of nitrogens with zero attached hydrogens (tertiary/aromatic N) is 4. The zero-order chi connectivity index (χ0) is 22.5. The lowest BCUT2D eigenvalue weighted by atomic mass is 10.1. The summed E-state index contributed by atoms with van der Waals surface area (Å²) in [5, 5.41) is 4.49. The van der Waals surface area contributed by atoms with Crippen LogP contribution >= 0.6 is 0 Å². The highest BCUT2D eigenvalue weighted by Gasteiger charge is 2.24. The number of hydrogen-bond acceptors (Lipinski definition) is 3. The smallest absolute Gasteiger partial charge is 0.253 e. The van der Waals surface area contributed by atoms with Gasteiger partial charge in [-0.1, -0.05) is 30.3 Å². The van der Waals surface area contributed by atoms with Crippen molar-refractivity contribution in [1.29, 1.82) is 0 Å². The zero-order valence-electron chi connectivity index (χ0n) is 18.8. The van der Waals surface area contributed by atoms with Gasteiger partial charge in [-0.3, -0.25) is 9.59 Å². The second-order valence-corrected chi connectivity index (χ2v) is 8.40. The summed E-state index contributed by atoms with van der Waals surface area (Å²) in [5.41, 5.74) is 4.90. The highest BCUT2D eigenvalue weighted by Crippen LogP contribution is 2.16. The first-order valence-corrected chi connectivity index (χ1v) is 11.3. The van der Waals surface area contributed by atoms with Gasteiger partial charge in [0.1, 0.15) is 0 Å². The minimum Gasteiger partial charge on any atom is -0.339 e. The molecule has 0 spiro atoms. The fourth-order valence-corrected chi connectivity index (χ4v) is 4.22. The molecule has 1 saturated heterocycles. The van der Waals surface area contributed by atoms with Crippen molar-refractivity contribution >= 4 is 11.8 Å². The Kier molecular flexibility index (Phi) is 6.69. The lowest BCUT2D eigenvalue weighted by Gasteiger charge is -2.35. The molecule has 0 N–H and O–H groups in total. The quantitative estimate of drug-likeness (QED) is 0.598. The number of carbonyl (C=O) groups excluding carboxylic acids is 2. The molecule has 2 aromatic carbocycles. The molecule has 3 aromatic rings. The maximum atomic E-state index is 12.9. The van der Waals surface area contributed by atoms with Crippen molar-refractivity contribution < 1.29 is 9.59 Å². The Morgan fingerprint density at radius 2 is 1.53 bits per heavy atom. The van der Waals surface area contributed by atoms with Crippen LogP contribution in [0.15, 0.2) is 60.7 Å². The van der Waals surface area contributed by atoms with Gasteiger partial charge in [-0.05, 0) is 62.6 Å². The maximum Gasteiger partial charge on any atom is 0.253 e. The van der Waals surface area contributed by atoms with Crippen LogP contribution in [-0.2, 0) is 11.2 Å². The molecule has 1 aliphatic heterocycles. The first-order valence-electron chi connectivity index (χ1n) is 11.3. The van der Waals surface area contributed by atoms with Gasteiger partial charge in [0.2, 0.25) is 5.91 Å². The van der Waals surface area contributed by atoms with Crippen molar-refractivity contribution in [3.05, 3.63) is 83.2 Å². The number of aryl methyl sites for hydroxylation is 3. The molecule has 0 radical (unpaired) electrons. The fourth-order valence-electron chi connectivity index (χ4n) is 4.22. The standard InChI is InChI=1S/C26H30N4O2/c1-20-19-21(2)30(27-20)24-13-11-23(12-14-24)26(32)29-17-15-28(16-18-29)25(31)10-6-9-22-7-4-3-5-8-22/h3-5,7-8,11-14,19H,6,9-10,15-18H2,1-2H3. The maximum absolute atomic E-state index is 12.9. The fraction of sp³-hybridized carbons (Fsp3) is 0.346. The molecule has 32 heavy (non-hydrogen) atoms. The molecule has 1 aromatic heterocycles. The van der Waals surface area contributed by atoms with Gasteiger partial charge < -0.3 is 9.80 Å². The van der Waals surface area contributed by atoms with Crippen molar-refractivity contribution in [2.75, 3.05) is 26.2 Å². The molecule has 166 valence electrons. The molecular formula is C26H30N4O2. The largest absolute Gasteiger partial charge is 0.339 e. The minimum atomic E-state index is 0.0149. The Hall–Kier alpha value is -3.41. The van der Waals surface area contributed by atoms with E-state index < -0.39 is 0 Å². The minimum absolute atomic E-state index is 0.0149. The predicted octanol–water partition coefficient (Wildman–Crippen LogP) is 3.80. The molecular weight excluding hydrogens is 400 g/mol. The molecule has 0 saturated carbocycles. The molecule has 1 fully saturated rings. The summed E-state index contributed by atoms with van der Waals surface area (Å²) >= 11 is 0. The lowest BCUT2D eigenvalue weighted by molar-refractivity contribution is -0.132. The summed E-state index contributed by atoms with van der Waals surface area (Å²) in [6.45, 7) is 6.32. The molecule has 2 heterocycles. The van der Waals surface area contributed by atoms with Gasteiger partial charge in [0.15, 0.2) is 0 Å². The van der Waals surface area contributed by atoms with E-state index in [2.05, 4.69) is 17.2 Å². The Morgan fingerprint density at radius 3 is 2.16 bits per heavy atom. The summed E-state index contributed by atoms with van der Waals surface area (Å²) < 4.78 is 1.88. The average Bonchev–Trinajstić information content (AvgIpc) is 3.17. The molecule has 6 heteroatoms. The van der Waals surface area contributed by atoms with Crippen LogP contribution in [0.5, 0.6) is 0 Å². The van der Waals surface area contributed by atoms with Gasteiger partial charge in [-0.25, -0.2) is 4.68 Å². The van der Waals surface area contributed by atoms with E-state index in [4.69, 9.17) is 0 Å². The van der Waals surface area contributed by atoms with E-state index in [0.29, 0.717) is 38.2 Å². The van der Waals surface area contributed by atoms with Gasteiger partial charge in [0.25, 0.3) is 5.91 Å². The highest BCUT2D eigenvalue weighted by atomic mass is 16.2. The average molecular weight is 431 g/mol. The molecule has 4 rings (SSSR count). The Bertz CT molecular complexity index is 1060. The molecule has 1 aliphatic rings. The van der Waals surface area contributed by atoms with Crippen LogP contribution in [0, 0.1) is 13.8 Å². The van der Waals surface area contributed by atoms with Gasteiger partial charge in [0.05, 0.1) is 11.4 Å². The van der Waals surface area contributed by atoms with Crippen LogP contribution in [-0.4, -0.2) is 57.6 Å². The first-order chi connectivity index (χ1) is 15.5. The Morgan fingerprint density at radius 1 is 0.875 bits per heavy atom. The van der Waals surface area contributed by atoms with Crippen molar-refractivity contribution in [2.24, 2.45) is 0 Å². The van der Waals surface area contributed by atoms with Gasteiger partial charge >= 0.3 is 0 Å². The van der Waals surface area contributed by atoms with E-state index in [1.54, 1.807) is 0 Å². The van der Waals surface area contributed by atoms with Gasteiger partial charge in [-0.2, -0.15) is 5.10 Å². The number of piperazine rings is 1. The Labute approximate surface area is 189 Å². The Balaban J connectivity index is 1.27. The van der Waals surface area contributed by atoms with E-state index in [1.807, 2.05) is 76.9 Å². The number of hydrogen-bond donors (Lipinski definition) is 0. The third-order valence-electron chi connectivity index (χ3n) is 5.99. The number of amides is 2. The molecule has 0 bridgehead atoms. The van der Waals surface area contributed by atoms with Crippen LogP contribution in [0.4, 0.5) is 0 Å². The van der Waals surface area contributed by atoms with Gasteiger partial charge in [0, 0.05) is 43.9 Å². The number of benzene rings is 2. The number of rotatable bonds is 6. The first kappa shape index (κ1) is 21.8.